The Morgan fingerprint density at radius 1 is 1.21 bits per heavy atom. The fourth-order valence-corrected chi connectivity index (χ4v) is 2.92. The van der Waals surface area contributed by atoms with Crippen molar-refractivity contribution in [3.63, 3.8) is 0 Å². The zero-order valence-electron chi connectivity index (χ0n) is 13.2. The second-order valence-corrected chi connectivity index (χ2v) is 6.77. The SMILES string of the molecule is C[C@H]1Oc2ccccc2N(CCC(=O)Nc2ccc(I)cc2)C1=O. The van der Waals surface area contributed by atoms with Crippen LogP contribution in [0.2, 0.25) is 0 Å². The molecule has 2 aromatic rings. The summed E-state index contributed by atoms with van der Waals surface area (Å²) in [5, 5.41) is 2.85. The van der Waals surface area contributed by atoms with E-state index in [1.54, 1.807) is 11.8 Å². The first kappa shape index (κ1) is 16.8. The van der Waals surface area contributed by atoms with Crippen molar-refractivity contribution < 1.29 is 14.3 Å². The van der Waals surface area contributed by atoms with E-state index in [9.17, 15) is 9.59 Å². The van der Waals surface area contributed by atoms with Gasteiger partial charge in [-0.15, -0.1) is 0 Å². The average Bonchev–Trinajstić information content (AvgIpc) is 2.57. The number of amides is 2. The summed E-state index contributed by atoms with van der Waals surface area (Å²) in [4.78, 5) is 26.1. The van der Waals surface area contributed by atoms with Gasteiger partial charge in [0.15, 0.2) is 6.10 Å². The summed E-state index contributed by atoms with van der Waals surface area (Å²) in [7, 11) is 0. The van der Waals surface area contributed by atoms with Gasteiger partial charge in [0.1, 0.15) is 5.75 Å². The molecule has 5 nitrogen and oxygen atoms in total. The van der Waals surface area contributed by atoms with Gasteiger partial charge < -0.3 is 15.0 Å². The van der Waals surface area contributed by atoms with Crippen molar-refractivity contribution in [2.24, 2.45) is 0 Å². The van der Waals surface area contributed by atoms with E-state index in [4.69, 9.17) is 4.74 Å². The van der Waals surface area contributed by atoms with E-state index >= 15 is 0 Å². The van der Waals surface area contributed by atoms with Crippen molar-refractivity contribution in [2.75, 3.05) is 16.8 Å². The quantitative estimate of drug-likeness (QED) is 0.748. The van der Waals surface area contributed by atoms with Crippen LogP contribution in [0.3, 0.4) is 0 Å². The maximum Gasteiger partial charge on any atom is 0.267 e. The van der Waals surface area contributed by atoms with E-state index in [1.165, 1.54) is 0 Å². The molecule has 0 spiro atoms. The molecule has 2 amide bonds. The number of carbonyl (C=O) groups is 2. The number of nitrogens with zero attached hydrogens (tertiary/aromatic N) is 1. The summed E-state index contributed by atoms with van der Waals surface area (Å²) < 4.78 is 6.70. The molecule has 2 aromatic carbocycles. The summed E-state index contributed by atoms with van der Waals surface area (Å²) in [5.41, 5.74) is 1.46. The normalized spacial score (nSPS) is 16.3. The van der Waals surface area contributed by atoms with Gasteiger partial charge in [-0.05, 0) is 65.9 Å². The highest BCUT2D eigenvalue weighted by atomic mass is 127. The zero-order chi connectivity index (χ0) is 17.1. The monoisotopic (exact) mass is 436 g/mol. The van der Waals surface area contributed by atoms with E-state index in [0.717, 1.165) is 9.26 Å². The van der Waals surface area contributed by atoms with Crippen LogP contribution >= 0.6 is 22.6 Å². The van der Waals surface area contributed by atoms with Crippen molar-refractivity contribution >= 4 is 45.8 Å². The van der Waals surface area contributed by atoms with Crippen LogP contribution in [-0.4, -0.2) is 24.5 Å². The molecule has 0 aliphatic carbocycles. The first-order valence-corrected chi connectivity index (χ1v) is 8.75. The summed E-state index contributed by atoms with van der Waals surface area (Å²) in [5.74, 6) is 0.416. The Kier molecular flexibility index (Phi) is 5.03. The van der Waals surface area contributed by atoms with Crippen LogP contribution in [0.4, 0.5) is 11.4 Å². The molecule has 124 valence electrons. The number of para-hydroxylation sites is 2. The molecule has 1 aliphatic heterocycles. The van der Waals surface area contributed by atoms with E-state index in [2.05, 4.69) is 27.9 Å². The zero-order valence-corrected chi connectivity index (χ0v) is 15.3. The van der Waals surface area contributed by atoms with Crippen LogP contribution in [-0.2, 0) is 9.59 Å². The predicted octanol–water partition coefficient (Wildman–Crippen LogP) is 3.43. The molecule has 1 heterocycles. The highest BCUT2D eigenvalue weighted by molar-refractivity contribution is 14.1. The summed E-state index contributed by atoms with van der Waals surface area (Å²) in [6.07, 6.45) is -0.321. The number of fused-ring (bicyclic) bond motifs is 1. The molecule has 0 saturated carbocycles. The second kappa shape index (κ2) is 7.21. The van der Waals surface area contributed by atoms with Crippen LogP contribution in [0.25, 0.3) is 0 Å². The number of hydrogen-bond donors (Lipinski definition) is 1. The summed E-state index contributed by atoms with van der Waals surface area (Å²) in [6, 6.07) is 15.0. The lowest BCUT2D eigenvalue weighted by atomic mass is 10.1. The van der Waals surface area contributed by atoms with Gasteiger partial charge in [-0.1, -0.05) is 12.1 Å². The highest BCUT2D eigenvalue weighted by Crippen LogP contribution is 2.33. The molecular formula is C18H17IN2O3. The van der Waals surface area contributed by atoms with Crippen LogP contribution in [0, 0.1) is 3.57 Å². The largest absolute Gasteiger partial charge is 0.479 e. The fourth-order valence-electron chi connectivity index (χ4n) is 2.56. The third-order valence-corrected chi connectivity index (χ3v) is 4.48. The Morgan fingerprint density at radius 3 is 2.67 bits per heavy atom. The van der Waals surface area contributed by atoms with Gasteiger partial charge in [0, 0.05) is 22.2 Å². The van der Waals surface area contributed by atoms with E-state index in [0.29, 0.717) is 18.0 Å². The lowest BCUT2D eigenvalue weighted by molar-refractivity contribution is -0.125. The van der Waals surface area contributed by atoms with E-state index < -0.39 is 6.10 Å². The van der Waals surface area contributed by atoms with Gasteiger partial charge in [-0.2, -0.15) is 0 Å². The number of rotatable bonds is 4. The van der Waals surface area contributed by atoms with Gasteiger partial charge in [-0.25, -0.2) is 0 Å². The van der Waals surface area contributed by atoms with Crippen LogP contribution < -0.4 is 15.0 Å². The highest BCUT2D eigenvalue weighted by Gasteiger charge is 2.31. The number of anilines is 2. The Balaban J connectivity index is 1.66. The van der Waals surface area contributed by atoms with Gasteiger partial charge in [0.25, 0.3) is 5.91 Å². The standard InChI is InChI=1S/C18H17IN2O3/c1-12-18(23)21(15-4-2-3-5-16(15)24-12)11-10-17(22)20-14-8-6-13(19)7-9-14/h2-9,12H,10-11H2,1H3,(H,20,22)/t12-/m1/s1. The molecule has 24 heavy (non-hydrogen) atoms. The van der Waals surface area contributed by atoms with Crippen LogP contribution in [0.15, 0.2) is 48.5 Å². The van der Waals surface area contributed by atoms with Crippen molar-refractivity contribution in [3.05, 3.63) is 52.1 Å². The Morgan fingerprint density at radius 2 is 1.92 bits per heavy atom. The number of halogens is 1. The minimum absolute atomic E-state index is 0.124. The molecule has 0 bridgehead atoms. The predicted molar refractivity (Wildman–Crippen MR) is 101 cm³/mol. The summed E-state index contributed by atoms with van der Waals surface area (Å²) >= 11 is 2.21. The minimum Gasteiger partial charge on any atom is -0.479 e. The maximum absolute atomic E-state index is 12.4. The lowest BCUT2D eigenvalue weighted by Crippen LogP contribution is -2.45. The van der Waals surface area contributed by atoms with E-state index in [1.807, 2.05) is 48.5 Å². The van der Waals surface area contributed by atoms with Crippen molar-refractivity contribution in [2.45, 2.75) is 19.4 Å². The maximum atomic E-state index is 12.4. The van der Waals surface area contributed by atoms with Gasteiger partial charge in [0.2, 0.25) is 5.91 Å². The molecule has 0 fully saturated rings. The lowest BCUT2D eigenvalue weighted by Gasteiger charge is -2.32. The molecule has 6 heteroatoms. The van der Waals surface area contributed by atoms with Crippen molar-refractivity contribution in [3.8, 4) is 5.75 Å². The number of ether oxygens (including phenoxy) is 1. The molecule has 0 saturated heterocycles. The topological polar surface area (TPSA) is 58.6 Å². The molecule has 0 unspecified atom stereocenters. The Hall–Kier alpha value is -2.09. The molecule has 1 aliphatic rings. The third-order valence-electron chi connectivity index (χ3n) is 3.76. The average molecular weight is 436 g/mol. The number of benzene rings is 2. The minimum atomic E-state index is -0.542. The Labute approximate surface area is 154 Å². The molecule has 0 aromatic heterocycles. The first-order valence-electron chi connectivity index (χ1n) is 7.67. The molecule has 0 radical (unpaired) electrons. The van der Waals surface area contributed by atoms with Crippen LogP contribution in [0.1, 0.15) is 13.3 Å². The van der Waals surface area contributed by atoms with Gasteiger partial charge in [-0.3, -0.25) is 9.59 Å². The van der Waals surface area contributed by atoms with E-state index in [-0.39, 0.29) is 18.2 Å². The van der Waals surface area contributed by atoms with Crippen LogP contribution in [0.5, 0.6) is 5.75 Å². The Bertz CT molecular complexity index is 761. The molecular weight excluding hydrogens is 419 g/mol. The smallest absolute Gasteiger partial charge is 0.267 e. The third kappa shape index (κ3) is 3.69. The van der Waals surface area contributed by atoms with Crippen molar-refractivity contribution in [1.82, 2.24) is 0 Å². The molecule has 1 N–H and O–H groups in total. The number of nitrogens with one attached hydrogen (secondary N) is 1. The fraction of sp³-hybridized carbons (Fsp3) is 0.222. The van der Waals surface area contributed by atoms with Gasteiger partial charge in [0.05, 0.1) is 5.69 Å². The van der Waals surface area contributed by atoms with Crippen molar-refractivity contribution in [1.29, 1.82) is 0 Å². The second-order valence-electron chi connectivity index (χ2n) is 5.52. The summed E-state index contributed by atoms with van der Waals surface area (Å²) in [6.45, 7) is 2.04. The number of carbonyl (C=O) groups excluding carboxylic acids is 2. The van der Waals surface area contributed by atoms with Gasteiger partial charge >= 0.3 is 0 Å². The number of hydrogen-bond acceptors (Lipinski definition) is 3. The molecule has 1 atom stereocenters. The first-order chi connectivity index (χ1) is 11.5. The molecule has 3 rings (SSSR count).